The minimum Gasteiger partial charge on any atom is -0.212 e. The van der Waals surface area contributed by atoms with Gasteiger partial charge in [-0.15, -0.1) is 11.6 Å². The SMILES string of the molecule is CCCCS(=O)(=O)N(CCCl)C1CC1. The highest BCUT2D eigenvalue weighted by molar-refractivity contribution is 7.89. The normalized spacial score (nSPS) is 17.6. The third-order valence-electron chi connectivity index (χ3n) is 2.37. The fourth-order valence-electron chi connectivity index (χ4n) is 1.44. The zero-order valence-electron chi connectivity index (χ0n) is 8.58. The second-order valence-corrected chi connectivity index (χ2v) is 6.12. The van der Waals surface area contributed by atoms with Crippen LogP contribution in [0, 0.1) is 0 Å². The number of hydrogen-bond acceptors (Lipinski definition) is 2. The van der Waals surface area contributed by atoms with Crippen LogP contribution in [0.1, 0.15) is 32.6 Å². The molecule has 1 aliphatic rings. The van der Waals surface area contributed by atoms with Gasteiger partial charge in [-0.05, 0) is 19.3 Å². The molecule has 0 aromatic heterocycles. The summed E-state index contributed by atoms with van der Waals surface area (Å²) in [5, 5.41) is 0. The summed E-state index contributed by atoms with van der Waals surface area (Å²) in [4.78, 5) is 0. The van der Waals surface area contributed by atoms with Crippen LogP contribution < -0.4 is 0 Å². The highest BCUT2D eigenvalue weighted by Gasteiger charge is 2.35. The molecule has 0 amide bonds. The van der Waals surface area contributed by atoms with E-state index < -0.39 is 10.0 Å². The molecule has 84 valence electrons. The summed E-state index contributed by atoms with van der Waals surface area (Å²) >= 11 is 5.60. The summed E-state index contributed by atoms with van der Waals surface area (Å²) in [6.45, 7) is 2.47. The van der Waals surface area contributed by atoms with Gasteiger partial charge in [-0.1, -0.05) is 13.3 Å². The van der Waals surface area contributed by atoms with Crippen molar-refractivity contribution in [3.63, 3.8) is 0 Å². The van der Waals surface area contributed by atoms with Crippen LogP contribution >= 0.6 is 11.6 Å². The van der Waals surface area contributed by atoms with Crippen molar-refractivity contribution in [2.45, 2.75) is 38.6 Å². The molecule has 0 spiro atoms. The van der Waals surface area contributed by atoms with Crippen molar-refractivity contribution in [1.82, 2.24) is 4.31 Å². The van der Waals surface area contributed by atoms with E-state index in [2.05, 4.69) is 0 Å². The van der Waals surface area contributed by atoms with Gasteiger partial charge >= 0.3 is 0 Å². The Balaban J connectivity index is 2.55. The summed E-state index contributed by atoms with van der Waals surface area (Å²) in [5.41, 5.74) is 0. The van der Waals surface area contributed by atoms with Crippen LogP contribution in [0.3, 0.4) is 0 Å². The van der Waals surface area contributed by atoms with E-state index >= 15 is 0 Å². The first kappa shape index (κ1) is 12.3. The predicted molar refractivity (Wildman–Crippen MR) is 59.1 cm³/mol. The lowest BCUT2D eigenvalue weighted by Gasteiger charge is -2.20. The zero-order valence-corrected chi connectivity index (χ0v) is 10.1. The predicted octanol–water partition coefficient (Wildman–Crippen LogP) is 1.82. The van der Waals surface area contributed by atoms with Crippen molar-refractivity contribution in [3.05, 3.63) is 0 Å². The highest BCUT2D eigenvalue weighted by atomic mass is 35.5. The smallest absolute Gasteiger partial charge is 0.212 e. The standard InChI is InChI=1S/C9H18ClNO2S/c1-2-3-8-14(12,13)11(7-6-10)9-4-5-9/h9H,2-8H2,1H3. The third-order valence-corrected chi connectivity index (χ3v) is 4.54. The molecular formula is C9H18ClNO2S. The van der Waals surface area contributed by atoms with Crippen LogP contribution in [0.15, 0.2) is 0 Å². The summed E-state index contributed by atoms with van der Waals surface area (Å²) in [6, 6.07) is 0.246. The van der Waals surface area contributed by atoms with Gasteiger partial charge in [0.1, 0.15) is 0 Å². The topological polar surface area (TPSA) is 37.4 Å². The zero-order chi connectivity index (χ0) is 10.6. The first-order chi connectivity index (χ1) is 6.61. The van der Waals surface area contributed by atoms with E-state index in [-0.39, 0.29) is 11.8 Å². The number of halogens is 1. The quantitative estimate of drug-likeness (QED) is 0.636. The molecule has 0 bridgehead atoms. The van der Waals surface area contributed by atoms with Crippen LogP contribution in [0.5, 0.6) is 0 Å². The molecule has 0 aromatic carbocycles. The number of sulfonamides is 1. The monoisotopic (exact) mass is 239 g/mol. The molecule has 1 aliphatic carbocycles. The Labute approximate surface area is 91.5 Å². The molecule has 0 atom stereocenters. The lowest BCUT2D eigenvalue weighted by Crippen LogP contribution is -2.36. The van der Waals surface area contributed by atoms with Gasteiger partial charge in [-0.3, -0.25) is 0 Å². The number of hydrogen-bond donors (Lipinski definition) is 0. The molecule has 1 saturated carbocycles. The molecular weight excluding hydrogens is 222 g/mol. The molecule has 0 saturated heterocycles. The van der Waals surface area contributed by atoms with Crippen molar-refractivity contribution in [2.24, 2.45) is 0 Å². The van der Waals surface area contributed by atoms with Crippen molar-refractivity contribution >= 4 is 21.6 Å². The molecule has 0 N–H and O–H groups in total. The lowest BCUT2D eigenvalue weighted by molar-refractivity contribution is 0.421. The maximum Gasteiger partial charge on any atom is 0.214 e. The summed E-state index contributed by atoms with van der Waals surface area (Å²) in [7, 11) is -3.03. The molecule has 0 unspecified atom stereocenters. The largest absolute Gasteiger partial charge is 0.214 e. The van der Waals surface area contributed by atoms with Crippen molar-refractivity contribution in [2.75, 3.05) is 18.2 Å². The molecule has 5 heteroatoms. The maximum absolute atomic E-state index is 11.8. The molecule has 3 nitrogen and oxygen atoms in total. The van der Waals surface area contributed by atoms with E-state index in [0.717, 1.165) is 25.7 Å². The van der Waals surface area contributed by atoms with Crippen LogP contribution in [0.25, 0.3) is 0 Å². The van der Waals surface area contributed by atoms with E-state index in [1.165, 1.54) is 0 Å². The maximum atomic E-state index is 11.8. The van der Waals surface area contributed by atoms with E-state index in [4.69, 9.17) is 11.6 Å². The van der Waals surface area contributed by atoms with Gasteiger partial charge < -0.3 is 0 Å². The van der Waals surface area contributed by atoms with E-state index in [1.54, 1.807) is 4.31 Å². The Hall–Kier alpha value is 0.200. The average Bonchev–Trinajstić information content (AvgIpc) is 2.94. The van der Waals surface area contributed by atoms with Gasteiger partial charge in [0.25, 0.3) is 0 Å². The minimum atomic E-state index is -3.03. The second kappa shape index (κ2) is 5.33. The van der Waals surface area contributed by atoms with E-state index in [0.29, 0.717) is 12.4 Å². The molecule has 14 heavy (non-hydrogen) atoms. The first-order valence-corrected chi connectivity index (χ1v) is 7.31. The number of nitrogens with zero attached hydrogens (tertiary/aromatic N) is 1. The van der Waals surface area contributed by atoms with Crippen LogP contribution in [-0.4, -0.2) is 36.9 Å². The molecule has 0 aliphatic heterocycles. The Bertz CT molecular complexity index is 262. The fraction of sp³-hybridized carbons (Fsp3) is 1.00. The van der Waals surface area contributed by atoms with Crippen molar-refractivity contribution in [3.8, 4) is 0 Å². The van der Waals surface area contributed by atoms with Crippen LogP contribution in [0.4, 0.5) is 0 Å². The fourth-order valence-corrected chi connectivity index (χ4v) is 3.64. The van der Waals surface area contributed by atoms with Gasteiger partial charge in [0.05, 0.1) is 5.75 Å². The second-order valence-electron chi connectivity index (χ2n) is 3.70. The van der Waals surface area contributed by atoms with Crippen molar-refractivity contribution in [1.29, 1.82) is 0 Å². The Morgan fingerprint density at radius 1 is 1.43 bits per heavy atom. The Morgan fingerprint density at radius 3 is 2.50 bits per heavy atom. The molecule has 1 fully saturated rings. The first-order valence-electron chi connectivity index (χ1n) is 5.17. The van der Waals surface area contributed by atoms with Crippen LogP contribution in [-0.2, 0) is 10.0 Å². The van der Waals surface area contributed by atoms with Gasteiger partial charge in [-0.2, -0.15) is 4.31 Å². The van der Waals surface area contributed by atoms with Crippen molar-refractivity contribution < 1.29 is 8.42 Å². The Morgan fingerprint density at radius 2 is 2.07 bits per heavy atom. The number of alkyl halides is 1. The van der Waals surface area contributed by atoms with Gasteiger partial charge in [0.15, 0.2) is 0 Å². The van der Waals surface area contributed by atoms with Gasteiger partial charge in [-0.25, -0.2) is 8.42 Å². The van der Waals surface area contributed by atoms with Gasteiger partial charge in [0, 0.05) is 18.5 Å². The molecule has 0 heterocycles. The van der Waals surface area contributed by atoms with E-state index in [9.17, 15) is 8.42 Å². The molecule has 1 rings (SSSR count). The number of rotatable bonds is 7. The highest BCUT2D eigenvalue weighted by Crippen LogP contribution is 2.29. The lowest BCUT2D eigenvalue weighted by atomic mass is 10.4. The third kappa shape index (κ3) is 3.41. The number of unbranched alkanes of at least 4 members (excludes halogenated alkanes) is 1. The van der Waals surface area contributed by atoms with E-state index in [1.807, 2.05) is 6.92 Å². The minimum absolute atomic E-state index is 0.246. The summed E-state index contributed by atoms with van der Waals surface area (Å²) in [6.07, 6.45) is 3.66. The molecule has 0 radical (unpaired) electrons. The van der Waals surface area contributed by atoms with Crippen LogP contribution in [0.2, 0.25) is 0 Å². The Kier molecular flexibility index (Phi) is 4.67. The average molecular weight is 240 g/mol. The summed E-state index contributed by atoms with van der Waals surface area (Å²) in [5.74, 6) is 0.665. The molecule has 0 aromatic rings. The summed E-state index contributed by atoms with van der Waals surface area (Å²) < 4.78 is 25.2. The van der Waals surface area contributed by atoms with Gasteiger partial charge in [0.2, 0.25) is 10.0 Å².